The zero-order valence-corrected chi connectivity index (χ0v) is 39.4. The lowest BCUT2D eigenvalue weighted by atomic mass is 9.98. The van der Waals surface area contributed by atoms with Crippen LogP contribution in [0.25, 0.3) is 45.3 Å². The Kier molecular flexibility index (Phi) is 11.9. The van der Waals surface area contributed by atoms with Gasteiger partial charge in [0.25, 0.3) is 5.91 Å². The SMILES string of the molecule is CCC/C=C\c1cc(-n2ccn(-c3c4c(nn3-c3cc(C)cc(C)c3)CC(C)N(C(=O)c3cc5cc(-c6ccnc(CC)c6C)ccc5n3[C@@]3(C(=N)NN(O)O)C[C@@H]3C)C4)c2=O)ccc1NC. The van der Waals surface area contributed by atoms with Crippen molar-refractivity contribution >= 4 is 34.4 Å². The fraction of sp³-hybridized carbons (Fsp3) is 0.327. The molecule has 9 rings (SSSR count). The molecule has 4 aromatic heterocycles. The molecule has 346 valence electrons. The molecule has 1 aliphatic carbocycles. The third-order valence-electron chi connectivity index (χ3n) is 13.7. The highest BCUT2D eigenvalue weighted by Gasteiger charge is 2.59. The van der Waals surface area contributed by atoms with Crippen LogP contribution in [0.4, 0.5) is 5.69 Å². The van der Waals surface area contributed by atoms with Gasteiger partial charge in [0.2, 0.25) is 0 Å². The maximum atomic E-state index is 15.6. The number of carbonyl (C=O) groups is 1. The molecule has 15 nitrogen and oxygen atoms in total. The van der Waals surface area contributed by atoms with Gasteiger partial charge in [-0.2, -0.15) is 5.10 Å². The number of amides is 1. The predicted octanol–water partition coefficient (Wildman–Crippen LogP) is 9.06. The van der Waals surface area contributed by atoms with Crippen molar-refractivity contribution < 1.29 is 15.2 Å². The van der Waals surface area contributed by atoms with Crippen LogP contribution in [0.1, 0.15) is 96.7 Å². The minimum atomic E-state index is -1.07. The zero-order valence-electron chi connectivity index (χ0n) is 39.4. The van der Waals surface area contributed by atoms with Crippen LogP contribution in [0.5, 0.6) is 0 Å². The Morgan fingerprint density at radius 1 is 0.970 bits per heavy atom. The van der Waals surface area contributed by atoms with Gasteiger partial charge < -0.3 is 14.8 Å². The lowest BCUT2D eigenvalue weighted by Gasteiger charge is -2.34. The van der Waals surface area contributed by atoms with E-state index in [9.17, 15) is 15.2 Å². The van der Waals surface area contributed by atoms with E-state index in [1.54, 1.807) is 21.5 Å². The van der Waals surface area contributed by atoms with Crippen molar-refractivity contribution in [1.29, 1.82) is 5.41 Å². The van der Waals surface area contributed by atoms with Crippen LogP contribution < -0.4 is 16.4 Å². The van der Waals surface area contributed by atoms with E-state index in [0.29, 0.717) is 30.0 Å². The molecule has 5 N–H and O–H groups in total. The lowest BCUT2D eigenvalue weighted by molar-refractivity contribution is -0.330. The highest BCUT2D eigenvalue weighted by Crippen LogP contribution is 2.53. The third-order valence-corrected chi connectivity index (χ3v) is 13.7. The number of imidazole rings is 1. The molecular weight excluding hydrogens is 843 g/mol. The second kappa shape index (κ2) is 17.6. The Hall–Kier alpha value is -7.07. The molecule has 3 aromatic carbocycles. The normalized spacial score (nSPS) is 18.0. The average molecular weight is 902 g/mol. The number of nitrogens with zero attached hydrogens (tertiary/aromatic N) is 8. The van der Waals surface area contributed by atoms with Crippen molar-refractivity contribution in [3.8, 4) is 28.3 Å². The van der Waals surface area contributed by atoms with Crippen LogP contribution in [-0.2, 0) is 24.9 Å². The Balaban J connectivity index is 1.18. The van der Waals surface area contributed by atoms with E-state index in [4.69, 9.17) is 10.5 Å². The van der Waals surface area contributed by atoms with Gasteiger partial charge in [0.1, 0.15) is 22.9 Å². The standard InChI is InChI=1S/C52H59N11O4/c1-9-11-12-13-37-27-39(15-16-44(37)54-8)58-20-21-59(51(58)65)48-42-30-60(34(6)25-45(42)56-62(48)40-23-31(3)22-32(4)24-40)49(64)47-28-38-26-36(41-18-19-55-43(10-2)35(41)7)14-17-46(38)61(47)52(29-33(52)5)50(53)57-63(66)67/h12-24,26-28,33-34,54,66-67H,9-11,25,29-30H2,1-8H3,(H2,53,57)/b13-12-/t33-,34?,52-/m0/s1. The number of fused-ring (bicyclic) bond motifs is 2. The molecule has 15 heteroatoms. The number of hydrogen-bond acceptors (Lipinski definition) is 9. The van der Waals surface area contributed by atoms with Crippen LogP contribution in [0.3, 0.4) is 0 Å². The molecule has 5 heterocycles. The summed E-state index contributed by atoms with van der Waals surface area (Å²) in [5.41, 5.74) is 13.3. The first-order chi connectivity index (χ1) is 32.2. The van der Waals surface area contributed by atoms with Crippen molar-refractivity contribution in [1.82, 2.24) is 44.1 Å². The third kappa shape index (κ3) is 7.86. The molecule has 0 spiro atoms. The molecule has 1 aliphatic heterocycles. The van der Waals surface area contributed by atoms with Crippen LogP contribution in [0, 0.1) is 32.1 Å². The number of benzene rings is 3. The van der Waals surface area contributed by atoms with Gasteiger partial charge >= 0.3 is 5.69 Å². The molecule has 1 fully saturated rings. The van der Waals surface area contributed by atoms with E-state index in [1.807, 2.05) is 97.6 Å². The molecule has 1 unspecified atom stereocenters. The summed E-state index contributed by atoms with van der Waals surface area (Å²) in [5.74, 6) is 0.0176. The maximum Gasteiger partial charge on any atom is 0.338 e. The van der Waals surface area contributed by atoms with Gasteiger partial charge in [0.05, 0.1) is 23.6 Å². The number of amidine groups is 1. The fourth-order valence-electron chi connectivity index (χ4n) is 10.2. The van der Waals surface area contributed by atoms with Crippen molar-refractivity contribution in [2.24, 2.45) is 5.92 Å². The molecular formula is C52H59N11O4. The summed E-state index contributed by atoms with van der Waals surface area (Å²) in [4.78, 5) is 36.8. The summed E-state index contributed by atoms with van der Waals surface area (Å²) in [6.45, 7) is 14.5. The van der Waals surface area contributed by atoms with Crippen molar-refractivity contribution in [2.75, 3.05) is 12.4 Å². The number of rotatable bonds is 13. The van der Waals surface area contributed by atoms with Crippen LogP contribution >= 0.6 is 0 Å². The number of carbonyl (C=O) groups excluding carboxylic acids is 1. The first-order valence-electron chi connectivity index (χ1n) is 23.1. The summed E-state index contributed by atoms with van der Waals surface area (Å²) >= 11 is 0. The molecule has 1 saturated carbocycles. The minimum Gasteiger partial charge on any atom is -0.388 e. The quantitative estimate of drug-likeness (QED) is 0.0430. The largest absolute Gasteiger partial charge is 0.388 e. The number of allylic oxidation sites excluding steroid dienone is 1. The molecule has 67 heavy (non-hydrogen) atoms. The monoisotopic (exact) mass is 901 g/mol. The van der Waals surface area contributed by atoms with Gasteiger partial charge in [-0.25, -0.2) is 9.48 Å². The van der Waals surface area contributed by atoms with E-state index >= 15 is 4.79 Å². The number of aromatic nitrogens is 6. The first kappa shape index (κ1) is 45.1. The summed E-state index contributed by atoms with van der Waals surface area (Å²) in [7, 11) is 1.89. The smallest absolute Gasteiger partial charge is 0.338 e. The molecule has 7 aromatic rings. The van der Waals surface area contributed by atoms with E-state index in [2.05, 4.69) is 72.9 Å². The Labute approximate surface area is 390 Å². The van der Waals surface area contributed by atoms with Crippen molar-refractivity contribution in [2.45, 2.75) is 98.7 Å². The van der Waals surface area contributed by atoms with Crippen LogP contribution in [0.2, 0.25) is 0 Å². The summed E-state index contributed by atoms with van der Waals surface area (Å²) in [6, 6.07) is 21.8. The fourth-order valence-corrected chi connectivity index (χ4v) is 10.2. The first-order valence-corrected chi connectivity index (χ1v) is 23.1. The highest BCUT2D eigenvalue weighted by atomic mass is 16.8. The second-order valence-electron chi connectivity index (χ2n) is 18.3. The number of aryl methyl sites for hydroxylation is 3. The zero-order chi connectivity index (χ0) is 47.5. The van der Waals surface area contributed by atoms with Gasteiger partial charge in [0, 0.05) is 71.3 Å². The minimum absolute atomic E-state index is 0.120. The van der Waals surface area contributed by atoms with Crippen LogP contribution in [-0.4, -0.2) is 73.9 Å². The molecule has 1 amide bonds. The number of anilines is 1. The number of nitrogens with one attached hydrogen (secondary N) is 3. The summed E-state index contributed by atoms with van der Waals surface area (Å²) < 4.78 is 7.02. The van der Waals surface area contributed by atoms with Crippen LogP contribution in [0.15, 0.2) is 96.2 Å². The Morgan fingerprint density at radius 3 is 2.40 bits per heavy atom. The van der Waals surface area contributed by atoms with Crippen molar-refractivity contribution in [3.63, 3.8) is 0 Å². The van der Waals surface area contributed by atoms with Gasteiger partial charge in [-0.1, -0.05) is 51.5 Å². The van der Waals surface area contributed by atoms with E-state index < -0.39 is 5.54 Å². The number of unbranched alkanes of at least 4 members (excludes halogenated alkanes) is 1. The van der Waals surface area contributed by atoms with E-state index in [-0.39, 0.29) is 41.3 Å². The molecule has 0 saturated heterocycles. The average Bonchev–Trinajstić information content (AvgIpc) is 3.54. The van der Waals surface area contributed by atoms with E-state index in [0.717, 1.165) is 91.9 Å². The number of hydrazine groups is 1. The summed E-state index contributed by atoms with van der Waals surface area (Å²) in [6.07, 6.45) is 13.3. The van der Waals surface area contributed by atoms with Gasteiger partial charge in [-0.15, -0.1) is 0 Å². The second-order valence-corrected chi connectivity index (χ2v) is 18.3. The topological polar surface area (TPSA) is 174 Å². The Bertz CT molecular complexity index is 3150. The van der Waals surface area contributed by atoms with E-state index in [1.165, 1.54) is 0 Å². The number of hydrogen-bond donors (Lipinski definition) is 5. The highest BCUT2D eigenvalue weighted by molar-refractivity contribution is 6.03. The lowest BCUT2D eigenvalue weighted by Crippen LogP contribution is -2.48. The molecule has 0 bridgehead atoms. The van der Waals surface area contributed by atoms with Gasteiger partial charge in [-0.3, -0.25) is 40.2 Å². The molecule has 0 radical (unpaired) electrons. The predicted molar refractivity (Wildman–Crippen MR) is 262 cm³/mol. The van der Waals surface area contributed by atoms with Crippen molar-refractivity contribution in [3.05, 3.63) is 147 Å². The number of pyridine rings is 1. The Morgan fingerprint density at radius 2 is 1.72 bits per heavy atom. The van der Waals surface area contributed by atoms with Gasteiger partial charge in [-0.05, 0) is 141 Å². The molecule has 3 atom stereocenters. The molecule has 2 aliphatic rings. The maximum absolute atomic E-state index is 15.6. The van der Waals surface area contributed by atoms with Gasteiger partial charge in [0.15, 0.2) is 0 Å². The summed E-state index contributed by atoms with van der Waals surface area (Å²) in [5, 5.41) is 37.9.